The molecule has 142 valence electrons. The van der Waals surface area contributed by atoms with Gasteiger partial charge in [-0.3, -0.25) is 20.0 Å². The average molecular weight is 384 g/mol. The predicted molar refractivity (Wildman–Crippen MR) is 94.7 cm³/mol. The first-order chi connectivity index (χ1) is 13.3. The average Bonchev–Trinajstić information content (AvgIpc) is 3.16. The molecular formula is C18H13FN4O5. The van der Waals surface area contributed by atoms with Gasteiger partial charge in [0.1, 0.15) is 18.1 Å². The van der Waals surface area contributed by atoms with Gasteiger partial charge in [0.15, 0.2) is 0 Å². The zero-order valence-electron chi connectivity index (χ0n) is 14.2. The standard InChI is InChI=1S/C18H13FN4O5/c19-13-5-3-10(4-6-13)14-8-15(22-21-14)18(25)28-9-12-2-1-11(17(20)24)7-16(12)23(26)27/h1-8H,9H2,(H2,20,24)(H,21,22). The molecule has 0 fully saturated rings. The molecule has 0 saturated carbocycles. The van der Waals surface area contributed by atoms with Crippen molar-refractivity contribution in [2.24, 2.45) is 5.73 Å². The number of H-pyrrole nitrogens is 1. The number of amides is 1. The number of carbonyl (C=O) groups is 2. The van der Waals surface area contributed by atoms with Crippen molar-refractivity contribution in [1.29, 1.82) is 0 Å². The molecule has 3 aromatic rings. The van der Waals surface area contributed by atoms with Gasteiger partial charge >= 0.3 is 5.97 Å². The first-order valence-electron chi connectivity index (χ1n) is 7.90. The minimum Gasteiger partial charge on any atom is -0.456 e. The van der Waals surface area contributed by atoms with E-state index in [9.17, 15) is 24.1 Å². The second-order valence-electron chi connectivity index (χ2n) is 5.71. The second kappa shape index (κ2) is 7.66. The molecule has 9 nitrogen and oxygen atoms in total. The number of aromatic nitrogens is 2. The topological polar surface area (TPSA) is 141 Å². The largest absolute Gasteiger partial charge is 0.456 e. The molecule has 1 amide bonds. The third-order valence-electron chi connectivity index (χ3n) is 3.86. The first-order valence-corrected chi connectivity index (χ1v) is 7.90. The van der Waals surface area contributed by atoms with Crippen molar-refractivity contribution in [2.75, 3.05) is 0 Å². The van der Waals surface area contributed by atoms with Crippen molar-refractivity contribution in [3.8, 4) is 11.3 Å². The number of nitrogens with zero attached hydrogens (tertiary/aromatic N) is 2. The summed E-state index contributed by atoms with van der Waals surface area (Å²) < 4.78 is 18.1. The van der Waals surface area contributed by atoms with Crippen molar-refractivity contribution >= 4 is 17.6 Å². The highest BCUT2D eigenvalue weighted by atomic mass is 19.1. The Balaban J connectivity index is 1.73. The summed E-state index contributed by atoms with van der Waals surface area (Å²) in [4.78, 5) is 33.8. The van der Waals surface area contributed by atoms with Crippen molar-refractivity contribution in [2.45, 2.75) is 6.61 Å². The van der Waals surface area contributed by atoms with Crippen LogP contribution in [0.5, 0.6) is 0 Å². The lowest BCUT2D eigenvalue weighted by molar-refractivity contribution is -0.385. The summed E-state index contributed by atoms with van der Waals surface area (Å²) in [6, 6.07) is 10.6. The van der Waals surface area contributed by atoms with Crippen LogP contribution in [0.3, 0.4) is 0 Å². The number of benzene rings is 2. The molecule has 3 rings (SSSR count). The Labute approximate surface area is 157 Å². The summed E-state index contributed by atoms with van der Waals surface area (Å²) in [5, 5.41) is 17.6. The highest BCUT2D eigenvalue weighted by molar-refractivity contribution is 5.93. The highest BCUT2D eigenvalue weighted by Crippen LogP contribution is 2.22. The molecule has 0 saturated heterocycles. The number of carbonyl (C=O) groups excluding carboxylic acids is 2. The fourth-order valence-electron chi connectivity index (χ4n) is 2.43. The number of nitrogens with one attached hydrogen (secondary N) is 1. The number of nitro benzene ring substituents is 1. The van der Waals surface area contributed by atoms with Crippen molar-refractivity contribution in [3.05, 3.63) is 81.3 Å². The van der Waals surface area contributed by atoms with Gasteiger partial charge in [-0.05, 0) is 42.5 Å². The number of primary amides is 1. The number of nitro groups is 1. The monoisotopic (exact) mass is 384 g/mol. The Hall–Kier alpha value is -4.08. The van der Waals surface area contributed by atoms with Gasteiger partial charge in [0.25, 0.3) is 5.69 Å². The molecule has 0 bridgehead atoms. The van der Waals surface area contributed by atoms with E-state index in [1.54, 1.807) is 0 Å². The molecule has 0 unspecified atom stereocenters. The van der Waals surface area contributed by atoms with Gasteiger partial charge in [0, 0.05) is 17.2 Å². The molecule has 1 heterocycles. The molecule has 2 aromatic carbocycles. The first kappa shape index (κ1) is 18.7. The van der Waals surface area contributed by atoms with Crippen LogP contribution >= 0.6 is 0 Å². The molecule has 1 aromatic heterocycles. The van der Waals surface area contributed by atoms with Crippen LogP contribution < -0.4 is 5.73 Å². The Kier molecular flexibility index (Phi) is 5.12. The van der Waals surface area contributed by atoms with E-state index in [1.165, 1.54) is 42.5 Å². The number of rotatable bonds is 6. The van der Waals surface area contributed by atoms with Gasteiger partial charge in [-0.2, -0.15) is 5.10 Å². The summed E-state index contributed by atoms with van der Waals surface area (Å²) in [6.07, 6.45) is 0. The van der Waals surface area contributed by atoms with E-state index < -0.39 is 22.6 Å². The predicted octanol–water partition coefficient (Wildman–Crippen LogP) is 2.58. The fourth-order valence-corrected chi connectivity index (χ4v) is 2.43. The van der Waals surface area contributed by atoms with Crippen LogP contribution in [-0.2, 0) is 11.3 Å². The van der Waals surface area contributed by atoms with Crippen LogP contribution in [0.1, 0.15) is 26.4 Å². The van der Waals surface area contributed by atoms with Crippen molar-refractivity contribution in [1.82, 2.24) is 10.2 Å². The number of esters is 1. The van der Waals surface area contributed by atoms with E-state index in [0.29, 0.717) is 11.3 Å². The number of ether oxygens (including phenoxy) is 1. The maximum Gasteiger partial charge on any atom is 0.356 e. The second-order valence-corrected chi connectivity index (χ2v) is 5.71. The van der Waals surface area contributed by atoms with Gasteiger partial charge in [-0.15, -0.1) is 0 Å². The lowest BCUT2D eigenvalue weighted by atomic mass is 10.1. The van der Waals surface area contributed by atoms with E-state index >= 15 is 0 Å². The van der Waals surface area contributed by atoms with Gasteiger partial charge in [-0.25, -0.2) is 9.18 Å². The summed E-state index contributed by atoms with van der Waals surface area (Å²) >= 11 is 0. The third-order valence-corrected chi connectivity index (χ3v) is 3.86. The smallest absolute Gasteiger partial charge is 0.356 e. The van der Waals surface area contributed by atoms with Crippen molar-refractivity contribution < 1.29 is 23.6 Å². The van der Waals surface area contributed by atoms with E-state index in [0.717, 1.165) is 6.07 Å². The highest BCUT2D eigenvalue weighted by Gasteiger charge is 2.19. The zero-order valence-corrected chi connectivity index (χ0v) is 14.2. The molecule has 0 aliphatic rings. The van der Waals surface area contributed by atoms with Crippen molar-refractivity contribution in [3.63, 3.8) is 0 Å². The maximum absolute atomic E-state index is 13.0. The summed E-state index contributed by atoms with van der Waals surface area (Å²) in [5.41, 5.74) is 5.81. The van der Waals surface area contributed by atoms with Crippen LogP contribution in [0.25, 0.3) is 11.3 Å². The maximum atomic E-state index is 13.0. The third kappa shape index (κ3) is 4.01. The SMILES string of the molecule is NC(=O)c1ccc(COC(=O)c2cc(-c3ccc(F)cc3)n[nH]2)c([N+](=O)[O-])c1. The van der Waals surface area contributed by atoms with E-state index in [1.807, 2.05) is 0 Å². The quantitative estimate of drug-likeness (QED) is 0.380. The number of hydrogen-bond donors (Lipinski definition) is 2. The lowest BCUT2D eigenvalue weighted by Gasteiger charge is -2.05. The Morgan fingerprint density at radius 3 is 2.54 bits per heavy atom. The fraction of sp³-hybridized carbons (Fsp3) is 0.0556. The zero-order chi connectivity index (χ0) is 20.3. The molecule has 0 atom stereocenters. The summed E-state index contributed by atoms with van der Waals surface area (Å²) in [6.45, 7) is -0.390. The number of halogens is 1. The van der Waals surface area contributed by atoms with Crippen LogP contribution in [0.15, 0.2) is 48.5 Å². The van der Waals surface area contributed by atoms with Crippen LogP contribution in [0, 0.1) is 15.9 Å². The Morgan fingerprint density at radius 1 is 1.18 bits per heavy atom. The Morgan fingerprint density at radius 2 is 1.89 bits per heavy atom. The summed E-state index contributed by atoms with van der Waals surface area (Å²) in [7, 11) is 0. The van der Waals surface area contributed by atoms with Crippen LogP contribution in [0.2, 0.25) is 0 Å². The minimum atomic E-state index is -0.808. The lowest BCUT2D eigenvalue weighted by Crippen LogP contribution is -2.12. The number of hydrogen-bond acceptors (Lipinski definition) is 6. The number of nitrogens with two attached hydrogens (primary N) is 1. The molecule has 3 N–H and O–H groups in total. The molecule has 0 spiro atoms. The molecule has 28 heavy (non-hydrogen) atoms. The van der Waals surface area contributed by atoms with Crippen LogP contribution in [-0.4, -0.2) is 27.0 Å². The van der Waals surface area contributed by atoms with Gasteiger partial charge < -0.3 is 10.5 Å². The van der Waals surface area contributed by atoms with Gasteiger partial charge in [-0.1, -0.05) is 0 Å². The Bertz CT molecular complexity index is 1060. The molecule has 0 aliphatic heterocycles. The molecule has 10 heteroatoms. The molecule has 0 radical (unpaired) electrons. The normalized spacial score (nSPS) is 10.5. The number of aromatic amines is 1. The van der Waals surface area contributed by atoms with Gasteiger partial charge in [0.2, 0.25) is 5.91 Å². The summed E-state index contributed by atoms with van der Waals surface area (Å²) in [5.74, 6) is -1.99. The van der Waals surface area contributed by atoms with E-state index in [4.69, 9.17) is 10.5 Å². The van der Waals surface area contributed by atoms with E-state index in [2.05, 4.69) is 10.2 Å². The minimum absolute atomic E-state index is 0.0238. The molecular weight excluding hydrogens is 371 g/mol. The molecule has 0 aliphatic carbocycles. The van der Waals surface area contributed by atoms with Crippen LogP contribution in [0.4, 0.5) is 10.1 Å². The van der Waals surface area contributed by atoms with Gasteiger partial charge in [0.05, 0.1) is 16.2 Å². The van der Waals surface area contributed by atoms with E-state index in [-0.39, 0.29) is 29.1 Å².